The summed E-state index contributed by atoms with van der Waals surface area (Å²) >= 11 is 0. The van der Waals surface area contributed by atoms with Crippen molar-refractivity contribution in [3.63, 3.8) is 0 Å². The van der Waals surface area contributed by atoms with E-state index in [0.717, 1.165) is 0 Å². The number of Topliss-reactive ketones (excluding diaryl/α,β-unsaturated/α-hetero) is 2. The molecule has 22 heavy (non-hydrogen) atoms. The van der Waals surface area contributed by atoms with Gasteiger partial charge in [0.25, 0.3) is 0 Å². The molecule has 114 valence electrons. The predicted octanol–water partition coefficient (Wildman–Crippen LogP) is 2.34. The lowest BCUT2D eigenvalue weighted by molar-refractivity contribution is 0.0912. The molecule has 2 aromatic rings. The highest BCUT2D eigenvalue weighted by Crippen LogP contribution is 2.28. The molecule has 0 radical (unpaired) electrons. The minimum Gasteiger partial charge on any atom is -0.493 e. The average molecular weight is 300 g/mol. The van der Waals surface area contributed by atoms with E-state index in [1.165, 1.54) is 26.6 Å². The van der Waals surface area contributed by atoms with Crippen molar-refractivity contribution >= 4 is 11.6 Å². The van der Waals surface area contributed by atoms with E-state index in [2.05, 4.69) is 9.97 Å². The zero-order valence-corrected chi connectivity index (χ0v) is 12.4. The first-order valence-electron chi connectivity index (χ1n) is 6.71. The number of benzene rings is 1. The lowest BCUT2D eigenvalue weighted by Crippen LogP contribution is -2.08. The number of carbonyl (C=O) groups is 2. The molecule has 2 rings (SSSR count). The van der Waals surface area contributed by atoms with E-state index >= 15 is 0 Å². The van der Waals surface area contributed by atoms with Crippen molar-refractivity contribution in [1.29, 1.82) is 0 Å². The lowest BCUT2D eigenvalue weighted by Gasteiger charge is -2.08. The van der Waals surface area contributed by atoms with E-state index in [1.54, 1.807) is 24.3 Å². The highest BCUT2D eigenvalue weighted by atomic mass is 16.5. The summed E-state index contributed by atoms with van der Waals surface area (Å²) in [7, 11) is 3.03. The first-order valence-corrected chi connectivity index (χ1v) is 6.71. The molecule has 0 bridgehead atoms. The SMILES string of the molecule is COc1ccc(C(=O)CCC(=O)c2ncccn2)cc1OC. The van der Waals surface area contributed by atoms with E-state index in [9.17, 15) is 9.59 Å². The molecule has 1 aromatic carbocycles. The maximum atomic E-state index is 12.2. The topological polar surface area (TPSA) is 78.4 Å². The van der Waals surface area contributed by atoms with Gasteiger partial charge in [-0.3, -0.25) is 9.59 Å². The van der Waals surface area contributed by atoms with Gasteiger partial charge in [-0.2, -0.15) is 0 Å². The van der Waals surface area contributed by atoms with Gasteiger partial charge in [-0.1, -0.05) is 0 Å². The third-order valence-electron chi connectivity index (χ3n) is 3.10. The number of carbonyl (C=O) groups excluding carboxylic acids is 2. The van der Waals surface area contributed by atoms with Gasteiger partial charge < -0.3 is 9.47 Å². The first kappa shape index (κ1) is 15.6. The van der Waals surface area contributed by atoms with Gasteiger partial charge in [-0.25, -0.2) is 9.97 Å². The zero-order valence-electron chi connectivity index (χ0n) is 12.4. The molecule has 0 spiro atoms. The molecule has 0 unspecified atom stereocenters. The standard InChI is InChI=1S/C16H16N2O4/c1-21-14-7-4-11(10-15(14)22-2)12(19)5-6-13(20)16-17-8-3-9-18-16/h3-4,7-10H,5-6H2,1-2H3. The molecular formula is C16H16N2O4. The highest BCUT2D eigenvalue weighted by Gasteiger charge is 2.14. The summed E-state index contributed by atoms with van der Waals surface area (Å²) in [5, 5.41) is 0. The quantitative estimate of drug-likeness (QED) is 0.730. The minimum absolute atomic E-state index is 0.0667. The monoisotopic (exact) mass is 300 g/mol. The van der Waals surface area contributed by atoms with Crippen molar-refractivity contribution in [3.05, 3.63) is 48.0 Å². The van der Waals surface area contributed by atoms with E-state index in [1.807, 2.05) is 0 Å². The molecule has 0 N–H and O–H groups in total. The van der Waals surface area contributed by atoms with Gasteiger partial charge in [-0.05, 0) is 24.3 Å². The molecule has 1 heterocycles. The minimum atomic E-state index is -0.255. The van der Waals surface area contributed by atoms with Gasteiger partial charge in [0, 0.05) is 30.8 Å². The molecular weight excluding hydrogens is 284 g/mol. The van der Waals surface area contributed by atoms with Crippen LogP contribution in [-0.2, 0) is 0 Å². The summed E-state index contributed by atoms with van der Waals surface area (Å²) in [6.07, 6.45) is 3.15. The number of hydrogen-bond acceptors (Lipinski definition) is 6. The molecule has 0 fully saturated rings. The van der Waals surface area contributed by atoms with Crippen molar-refractivity contribution in [2.45, 2.75) is 12.8 Å². The number of aromatic nitrogens is 2. The Balaban J connectivity index is 2.02. The number of ether oxygens (including phenoxy) is 2. The third-order valence-corrected chi connectivity index (χ3v) is 3.10. The van der Waals surface area contributed by atoms with Crippen LogP contribution in [0, 0.1) is 0 Å². The Labute approximate surface area is 128 Å². The zero-order chi connectivity index (χ0) is 15.9. The van der Waals surface area contributed by atoms with E-state index in [0.29, 0.717) is 17.1 Å². The number of rotatable bonds is 7. The first-order chi connectivity index (χ1) is 10.7. The molecule has 1 aromatic heterocycles. The Morgan fingerprint density at radius 2 is 1.59 bits per heavy atom. The van der Waals surface area contributed by atoms with Crippen molar-refractivity contribution in [1.82, 2.24) is 9.97 Å². The van der Waals surface area contributed by atoms with Crippen LogP contribution in [0.2, 0.25) is 0 Å². The molecule has 0 aliphatic carbocycles. The smallest absolute Gasteiger partial charge is 0.200 e. The molecule has 0 aliphatic rings. The average Bonchev–Trinajstić information content (AvgIpc) is 2.59. The van der Waals surface area contributed by atoms with Crippen molar-refractivity contribution in [3.8, 4) is 11.5 Å². The second-order valence-electron chi connectivity index (χ2n) is 4.49. The summed E-state index contributed by atoms with van der Waals surface area (Å²) in [6, 6.07) is 6.54. The molecule has 0 saturated heterocycles. The van der Waals surface area contributed by atoms with Crippen molar-refractivity contribution in [2.24, 2.45) is 0 Å². The van der Waals surface area contributed by atoms with Gasteiger partial charge in [0.15, 0.2) is 28.9 Å². The molecule has 0 saturated carbocycles. The summed E-state index contributed by atoms with van der Waals surface area (Å²) in [4.78, 5) is 31.8. The number of ketones is 2. The van der Waals surface area contributed by atoms with Crippen LogP contribution in [0.4, 0.5) is 0 Å². The van der Waals surface area contributed by atoms with Crippen LogP contribution in [-0.4, -0.2) is 35.8 Å². The summed E-state index contributed by atoms with van der Waals surface area (Å²) in [5.74, 6) is 0.751. The molecule has 0 aliphatic heterocycles. The van der Waals surface area contributed by atoms with Crippen LogP contribution >= 0.6 is 0 Å². The fourth-order valence-electron chi connectivity index (χ4n) is 1.94. The normalized spacial score (nSPS) is 10.1. The van der Waals surface area contributed by atoms with Crippen LogP contribution in [0.15, 0.2) is 36.7 Å². The van der Waals surface area contributed by atoms with Crippen LogP contribution in [0.3, 0.4) is 0 Å². The summed E-state index contributed by atoms with van der Waals surface area (Å²) in [5.41, 5.74) is 0.472. The van der Waals surface area contributed by atoms with E-state index < -0.39 is 0 Å². The molecule has 6 nitrogen and oxygen atoms in total. The Hall–Kier alpha value is -2.76. The number of hydrogen-bond donors (Lipinski definition) is 0. The fraction of sp³-hybridized carbons (Fsp3) is 0.250. The van der Waals surface area contributed by atoms with Crippen LogP contribution < -0.4 is 9.47 Å². The predicted molar refractivity (Wildman–Crippen MR) is 79.5 cm³/mol. The maximum absolute atomic E-state index is 12.2. The van der Waals surface area contributed by atoms with Crippen LogP contribution in [0.5, 0.6) is 11.5 Å². The van der Waals surface area contributed by atoms with Gasteiger partial charge in [-0.15, -0.1) is 0 Å². The van der Waals surface area contributed by atoms with Crippen molar-refractivity contribution < 1.29 is 19.1 Å². The largest absolute Gasteiger partial charge is 0.493 e. The maximum Gasteiger partial charge on any atom is 0.200 e. The van der Waals surface area contributed by atoms with Gasteiger partial charge >= 0.3 is 0 Å². The summed E-state index contributed by atoms with van der Waals surface area (Å²) in [6.45, 7) is 0. The van der Waals surface area contributed by atoms with Crippen LogP contribution in [0.1, 0.15) is 33.8 Å². The summed E-state index contributed by atoms with van der Waals surface area (Å²) < 4.78 is 10.3. The fourth-order valence-corrected chi connectivity index (χ4v) is 1.94. The highest BCUT2D eigenvalue weighted by molar-refractivity contribution is 6.01. The van der Waals surface area contributed by atoms with Gasteiger partial charge in [0.1, 0.15) is 0 Å². The number of nitrogens with zero attached hydrogens (tertiary/aromatic N) is 2. The second kappa shape index (κ2) is 7.31. The Morgan fingerprint density at radius 1 is 0.955 bits per heavy atom. The van der Waals surface area contributed by atoms with Gasteiger partial charge in [0.2, 0.25) is 0 Å². The number of methoxy groups -OCH3 is 2. The Morgan fingerprint density at radius 3 is 2.23 bits per heavy atom. The Bertz CT molecular complexity index is 671. The molecule has 0 atom stereocenters. The van der Waals surface area contributed by atoms with Crippen molar-refractivity contribution in [2.75, 3.05) is 14.2 Å². The van der Waals surface area contributed by atoms with Gasteiger partial charge in [0.05, 0.1) is 14.2 Å². The second-order valence-corrected chi connectivity index (χ2v) is 4.49. The molecule has 6 heteroatoms. The Kier molecular flexibility index (Phi) is 5.19. The third kappa shape index (κ3) is 3.66. The lowest BCUT2D eigenvalue weighted by atomic mass is 10.0. The molecule has 0 amide bonds. The van der Waals surface area contributed by atoms with E-state index in [-0.39, 0.29) is 30.2 Å². The van der Waals surface area contributed by atoms with Crippen LogP contribution in [0.25, 0.3) is 0 Å². The van der Waals surface area contributed by atoms with E-state index in [4.69, 9.17) is 9.47 Å².